The number of ether oxygens (including phenoxy) is 1. The highest BCUT2D eigenvalue weighted by Crippen LogP contribution is 2.14. The van der Waals surface area contributed by atoms with Crippen LogP contribution in [0.2, 0.25) is 0 Å². The maximum Gasteiger partial charge on any atom is 0.422 e. The molecule has 0 aromatic rings. The van der Waals surface area contributed by atoms with E-state index >= 15 is 0 Å². The number of amides is 1. The summed E-state index contributed by atoms with van der Waals surface area (Å²) >= 11 is 0. The van der Waals surface area contributed by atoms with E-state index < -0.39 is 11.7 Å². The van der Waals surface area contributed by atoms with Crippen LogP contribution in [0.4, 0.5) is 4.79 Å². The van der Waals surface area contributed by atoms with Crippen molar-refractivity contribution < 1.29 is 9.53 Å². The quantitative estimate of drug-likeness (QED) is 0.696. The lowest BCUT2D eigenvalue weighted by molar-refractivity contribution is 0.0488. The minimum Gasteiger partial charge on any atom is -0.443 e. The fourth-order valence-electron chi connectivity index (χ4n) is 1.76. The molecule has 0 aromatic carbocycles. The standard InChI is InChI=1S/C11H23N3O2/c1-8-6-9(7-14(8)5)12-13-10(15)16-11(2,3)4/h8-9,12H,6-7H2,1-5H3,(H,13,15). The van der Waals surface area contributed by atoms with Crippen LogP contribution < -0.4 is 10.9 Å². The Morgan fingerprint density at radius 2 is 2.06 bits per heavy atom. The first-order valence-corrected chi connectivity index (χ1v) is 5.72. The average molecular weight is 229 g/mol. The van der Waals surface area contributed by atoms with Gasteiger partial charge in [0, 0.05) is 18.6 Å². The van der Waals surface area contributed by atoms with Gasteiger partial charge in [0.1, 0.15) is 5.60 Å². The number of carbonyl (C=O) groups is 1. The van der Waals surface area contributed by atoms with E-state index in [2.05, 4.69) is 29.7 Å². The van der Waals surface area contributed by atoms with E-state index in [4.69, 9.17) is 4.74 Å². The molecule has 5 heteroatoms. The molecule has 16 heavy (non-hydrogen) atoms. The van der Waals surface area contributed by atoms with Gasteiger partial charge in [-0.3, -0.25) is 5.43 Å². The van der Waals surface area contributed by atoms with E-state index in [1.807, 2.05) is 20.8 Å². The summed E-state index contributed by atoms with van der Waals surface area (Å²) in [5.41, 5.74) is 5.13. The van der Waals surface area contributed by atoms with E-state index in [9.17, 15) is 4.79 Å². The molecule has 1 aliphatic rings. The highest BCUT2D eigenvalue weighted by molar-refractivity contribution is 5.67. The molecule has 0 saturated carbocycles. The third-order valence-corrected chi connectivity index (χ3v) is 2.66. The smallest absolute Gasteiger partial charge is 0.422 e. The second-order valence-corrected chi connectivity index (χ2v) is 5.49. The van der Waals surface area contributed by atoms with Gasteiger partial charge in [0.05, 0.1) is 0 Å². The van der Waals surface area contributed by atoms with Crippen molar-refractivity contribution in [2.24, 2.45) is 0 Å². The van der Waals surface area contributed by atoms with Crippen LogP contribution >= 0.6 is 0 Å². The summed E-state index contributed by atoms with van der Waals surface area (Å²) in [5, 5.41) is 0. The van der Waals surface area contributed by atoms with Crippen molar-refractivity contribution in [3.63, 3.8) is 0 Å². The lowest BCUT2D eigenvalue weighted by atomic mass is 10.2. The summed E-state index contributed by atoms with van der Waals surface area (Å²) in [4.78, 5) is 13.6. The van der Waals surface area contributed by atoms with Crippen molar-refractivity contribution >= 4 is 6.09 Å². The molecule has 1 amide bonds. The molecule has 1 rings (SSSR count). The second-order valence-electron chi connectivity index (χ2n) is 5.49. The zero-order chi connectivity index (χ0) is 12.3. The first kappa shape index (κ1) is 13.3. The summed E-state index contributed by atoms with van der Waals surface area (Å²) in [5.74, 6) is 0. The Kier molecular flexibility index (Phi) is 4.15. The predicted octanol–water partition coefficient (Wildman–Crippen LogP) is 1.11. The molecule has 0 radical (unpaired) electrons. The second kappa shape index (κ2) is 5.01. The number of likely N-dealkylation sites (tertiary alicyclic amines) is 1. The Morgan fingerprint density at radius 1 is 1.44 bits per heavy atom. The van der Waals surface area contributed by atoms with Crippen LogP contribution in [-0.2, 0) is 4.74 Å². The Morgan fingerprint density at radius 3 is 2.50 bits per heavy atom. The van der Waals surface area contributed by atoms with E-state index in [-0.39, 0.29) is 0 Å². The minimum atomic E-state index is -0.453. The van der Waals surface area contributed by atoms with Crippen molar-refractivity contribution in [3.05, 3.63) is 0 Å². The van der Waals surface area contributed by atoms with Crippen molar-refractivity contribution in [2.75, 3.05) is 13.6 Å². The van der Waals surface area contributed by atoms with Crippen LogP contribution in [0.5, 0.6) is 0 Å². The molecular weight excluding hydrogens is 206 g/mol. The Labute approximate surface area is 97.5 Å². The number of carbonyl (C=O) groups excluding carboxylic acids is 1. The average Bonchev–Trinajstić information content (AvgIpc) is 2.40. The van der Waals surface area contributed by atoms with Crippen LogP contribution in [0.3, 0.4) is 0 Å². The van der Waals surface area contributed by atoms with Crippen LogP contribution in [-0.4, -0.2) is 42.3 Å². The SMILES string of the molecule is CC1CC(NNC(=O)OC(C)(C)C)CN1C. The van der Waals surface area contributed by atoms with E-state index in [1.165, 1.54) is 0 Å². The maximum absolute atomic E-state index is 11.4. The predicted molar refractivity (Wildman–Crippen MR) is 63.0 cm³/mol. The lowest BCUT2D eigenvalue weighted by Crippen LogP contribution is -2.47. The van der Waals surface area contributed by atoms with Crippen molar-refractivity contribution in [1.82, 2.24) is 15.8 Å². The molecule has 2 unspecified atom stereocenters. The Balaban J connectivity index is 2.23. The third kappa shape index (κ3) is 4.37. The summed E-state index contributed by atoms with van der Waals surface area (Å²) in [6.07, 6.45) is 0.612. The number of hydrogen-bond donors (Lipinski definition) is 2. The molecule has 0 spiro atoms. The molecule has 1 heterocycles. The van der Waals surface area contributed by atoms with E-state index in [0.29, 0.717) is 12.1 Å². The Hall–Kier alpha value is -0.810. The van der Waals surface area contributed by atoms with Gasteiger partial charge in [-0.15, -0.1) is 0 Å². The van der Waals surface area contributed by atoms with Crippen LogP contribution in [0.25, 0.3) is 0 Å². The largest absolute Gasteiger partial charge is 0.443 e. The molecule has 1 fully saturated rings. The molecule has 0 bridgehead atoms. The zero-order valence-corrected chi connectivity index (χ0v) is 10.8. The summed E-state index contributed by atoms with van der Waals surface area (Å²) in [7, 11) is 2.08. The van der Waals surface area contributed by atoms with Gasteiger partial charge < -0.3 is 9.64 Å². The van der Waals surface area contributed by atoms with Gasteiger partial charge in [-0.1, -0.05) is 0 Å². The number of likely N-dealkylation sites (N-methyl/N-ethyl adjacent to an activating group) is 1. The van der Waals surface area contributed by atoms with Crippen molar-refractivity contribution in [2.45, 2.75) is 51.8 Å². The van der Waals surface area contributed by atoms with Gasteiger partial charge in [-0.05, 0) is 41.2 Å². The molecule has 1 aliphatic heterocycles. The fraction of sp³-hybridized carbons (Fsp3) is 0.909. The number of hydrogen-bond acceptors (Lipinski definition) is 4. The summed E-state index contributed by atoms with van der Waals surface area (Å²) in [6.45, 7) is 8.65. The van der Waals surface area contributed by atoms with Crippen LogP contribution in [0, 0.1) is 0 Å². The molecule has 5 nitrogen and oxygen atoms in total. The highest BCUT2D eigenvalue weighted by atomic mass is 16.6. The number of hydrazine groups is 1. The topological polar surface area (TPSA) is 53.6 Å². The van der Waals surface area contributed by atoms with Crippen molar-refractivity contribution in [3.8, 4) is 0 Å². The van der Waals surface area contributed by atoms with Gasteiger partial charge in [-0.2, -0.15) is 0 Å². The van der Waals surface area contributed by atoms with Gasteiger partial charge in [-0.25, -0.2) is 10.2 Å². The molecule has 94 valence electrons. The van der Waals surface area contributed by atoms with Crippen LogP contribution in [0.15, 0.2) is 0 Å². The number of nitrogens with zero attached hydrogens (tertiary/aromatic N) is 1. The minimum absolute atomic E-state index is 0.299. The van der Waals surface area contributed by atoms with Gasteiger partial charge in [0.2, 0.25) is 0 Å². The normalized spacial score (nSPS) is 26.8. The van der Waals surface area contributed by atoms with Gasteiger partial charge in [0.25, 0.3) is 0 Å². The third-order valence-electron chi connectivity index (χ3n) is 2.66. The van der Waals surface area contributed by atoms with Gasteiger partial charge in [0.15, 0.2) is 0 Å². The molecule has 2 N–H and O–H groups in total. The maximum atomic E-state index is 11.4. The lowest BCUT2D eigenvalue weighted by Gasteiger charge is -2.21. The summed E-state index contributed by atoms with van der Waals surface area (Å²) in [6, 6.07) is 0.852. The summed E-state index contributed by atoms with van der Waals surface area (Å²) < 4.78 is 5.13. The fourth-order valence-corrected chi connectivity index (χ4v) is 1.76. The monoisotopic (exact) mass is 229 g/mol. The zero-order valence-electron chi connectivity index (χ0n) is 10.8. The molecular formula is C11H23N3O2. The van der Waals surface area contributed by atoms with Crippen LogP contribution in [0.1, 0.15) is 34.1 Å². The highest BCUT2D eigenvalue weighted by Gasteiger charge is 2.26. The van der Waals surface area contributed by atoms with E-state index in [1.54, 1.807) is 0 Å². The number of nitrogens with one attached hydrogen (secondary N) is 2. The first-order valence-electron chi connectivity index (χ1n) is 5.72. The molecule has 1 saturated heterocycles. The molecule has 0 aliphatic carbocycles. The van der Waals surface area contributed by atoms with Crippen molar-refractivity contribution in [1.29, 1.82) is 0 Å². The Bertz CT molecular complexity index is 240. The molecule has 2 atom stereocenters. The van der Waals surface area contributed by atoms with E-state index in [0.717, 1.165) is 13.0 Å². The first-order chi connectivity index (χ1) is 7.28. The van der Waals surface area contributed by atoms with Gasteiger partial charge >= 0.3 is 6.09 Å². The molecule has 0 aromatic heterocycles. The number of rotatable bonds is 2.